The Morgan fingerprint density at radius 1 is 1.13 bits per heavy atom. The summed E-state index contributed by atoms with van der Waals surface area (Å²) in [4.78, 5) is 37.3. The predicted octanol–water partition coefficient (Wildman–Crippen LogP) is 6.27. The maximum Gasteiger partial charge on any atom is 0.355 e. The van der Waals surface area contributed by atoms with E-state index < -0.39 is 5.97 Å². The quantitative estimate of drug-likeness (QED) is 0.219. The van der Waals surface area contributed by atoms with Crippen LogP contribution < -0.4 is 10.6 Å². The van der Waals surface area contributed by atoms with Gasteiger partial charge in [0.15, 0.2) is 5.69 Å². The molecule has 3 unspecified atom stereocenters. The predicted molar refractivity (Wildman–Crippen MR) is 188 cm³/mol. The Hall–Kier alpha value is -3.72. The number of pyridine rings is 1. The molecule has 3 atom stereocenters. The van der Waals surface area contributed by atoms with Crippen LogP contribution in [0, 0.1) is 23.2 Å². The zero-order valence-corrected chi connectivity index (χ0v) is 29.4. The molecule has 5 rings (SSSR count). The van der Waals surface area contributed by atoms with Crippen molar-refractivity contribution in [3.8, 4) is 0 Å². The first kappa shape index (κ1) is 34.6. The molecule has 3 aliphatic rings. The second-order valence-corrected chi connectivity index (χ2v) is 16.0. The van der Waals surface area contributed by atoms with Crippen LogP contribution in [0.25, 0.3) is 5.57 Å². The Morgan fingerprint density at radius 2 is 1.89 bits per heavy atom. The summed E-state index contributed by atoms with van der Waals surface area (Å²) in [6, 6.07) is 10.1. The van der Waals surface area contributed by atoms with Crippen molar-refractivity contribution < 1.29 is 19.4 Å². The minimum Gasteiger partial charge on any atom is -0.476 e. The summed E-state index contributed by atoms with van der Waals surface area (Å²) >= 11 is 0. The van der Waals surface area contributed by atoms with Crippen molar-refractivity contribution >= 4 is 29.5 Å². The number of aromatic carboxylic acids is 1. The van der Waals surface area contributed by atoms with Gasteiger partial charge >= 0.3 is 5.97 Å². The Bertz CT molecular complexity index is 1580. The van der Waals surface area contributed by atoms with Crippen LogP contribution in [0.1, 0.15) is 99.5 Å². The van der Waals surface area contributed by atoms with E-state index in [9.17, 15) is 14.7 Å². The highest BCUT2D eigenvalue weighted by Crippen LogP contribution is 2.63. The molecule has 2 aromatic rings. The second kappa shape index (κ2) is 13.1. The number of aliphatic imine (C=N–C) groups is 1. The number of nitrogens with zero attached hydrogens (tertiary/aromatic N) is 4. The van der Waals surface area contributed by atoms with Crippen LogP contribution >= 0.6 is 0 Å². The molecule has 1 amide bonds. The van der Waals surface area contributed by atoms with E-state index in [1.165, 1.54) is 22.9 Å². The SMILES string of the molecule is CC(=NCC1(C)CC2(C)CC(C)(C)CC(OCCN(C)C=O)(C1)C2)C(=CN)c1ccc(N2CCc3cccc(C)c3C2)nc1C(=O)O. The lowest BCUT2D eigenvalue weighted by atomic mass is 9.48. The molecular weight excluding hydrogens is 590 g/mol. The first-order valence-corrected chi connectivity index (χ1v) is 16.9. The number of carboxylic acid groups (broad SMARTS) is 1. The van der Waals surface area contributed by atoms with Crippen LogP contribution in [0.5, 0.6) is 0 Å². The largest absolute Gasteiger partial charge is 0.476 e. The second-order valence-electron chi connectivity index (χ2n) is 16.0. The van der Waals surface area contributed by atoms with Crippen molar-refractivity contribution in [1.82, 2.24) is 9.88 Å². The van der Waals surface area contributed by atoms with Crippen LogP contribution in [0.3, 0.4) is 0 Å². The maximum atomic E-state index is 12.6. The fourth-order valence-electron chi connectivity index (χ4n) is 9.59. The number of carboxylic acids is 1. The number of hydrogen-bond donors (Lipinski definition) is 2. The van der Waals surface area contributed by atoms with Gasteiger partial charge in [-0.25, -0.2) is 9.78 Å². The number of rotatable bonds is 11. The molecule has 3 N–H and O–H groups in total. The number of benzene rings is 1. The number of aryl methyl sites for hydroxylation is 1. The summed E-state index contributed by atoms with van der Waals surface area (Å²) < 4.78 is 6.73. The van der Waals surface area contributed by atoms with Crippen molar-refractivity contribution in [3.63, 3.8) is 0 Å². The molecule has 9 nitrogen and oxygen atoms in total. The minimum atomic E-state index is -1.09. The van der Waals surface area contributed by atoms with Crippen LogP contribution in [0.15, 0.2) is 41.5 Å². The summed E-state index contributed by atoms with van der Waals surface area (Å²) in [6.45, 7) is 16.5. The number of carbonyl (C=O) groups excluding carboxylic acids is 1. The maximum absolute atomic E-state index is 12.6. The fourth-order valence-corrected chi connectivity index (χ4v) is 9.59. The summed E-state index contributed by atoms with van der Waals surface area (Å²) in [5.41, 5.74) is 11.6. The van der Waals surface area contributed by atoms with E-state index in [4.69, 9.17) is 15.5 Å². The molecule has 1 aliphatic heterocycles. The summed E-state index contributed by atoms with van der Waals surface area (Å²) in [5, 5.41) is 10.3. The zero-order valence-electron chi connectivity index (χ0n) is 29.4. The summed E-state index contributed by atoms with van der Waals surface area (Å²) in [7, 11) is 1.78. The number of amides is 1. The van der Waals surface area contributed by atoms with Crippen LogP contribution in [0.4, 0.5) is 5.82 Å². The molecule has 9 heteroatoms. The van der Waals surface area contributed by atoms with Crippen LogP contribution in [0.2, 0.25) is 0 Å². The number of ether oxygens (including phenoxy) is 1. The fraction of sp³-hybridized carbons (Fsp3) is 0.579. The van der Waals surface area contributed by atoms with Gasteiger partial charge in [0, 0.05) is 56.3 Å². The molecule has 0 spiro atoms. The molecule has 47 heavy (non-hydrogen) atoms. The van der Waals surface area contributed by atoms with Gasteiger partial charge in [0.25, 0.3) is 0 Å². The smallest absolute Gasteiger partial charge is 0.355 e. The monoisotopic (exact) mass is 643 g/mol. The van der Waals surface area contributed by atoms with E-state index in [0.717, 1.165) is 51.5 Å². The normalized spacial score (nSPS) is 27.3. The number of likely N-dealkylation sites (N-methyl/N-ethyl adjacent to an activating group) is 1. The van der Waals surface area contributed by atoms with Gasteiger partial charge < -0.3 is 25.4 Å². The van der Waals surface area contributed by atoms with Gasteiger partial charge in [0.05, 0.1) is 12.2 Å². The molecule has 254 valence electrons. The molecular formula is C38H53N5O4. The number of hydrogen-bond acceptors (Lipinski definition) is 7. The average Bonchev–Trinajstić information content (AvgIpc) is 2.98. The number of anilines is 1. The number of nitrogens with two attached hydrogens (primary N) is 1. The van der Waals surface area contributed by atoms with Gasteiger partial charge in [-0.3, -0.25) is 9.79 Å². The Labute approximate surface area is 280 Å². The van der Waals surface area contributed by atoms with E-state index in [1.54, 1.807) is 11.9 Å². The molecule has 2 aliphatic carbocycles. The van der Waals surface area contributed by atoms with Gasteiger partial charge in [-0.15, -0.1) is 0 Å². The average molecular weight is 644 g/mol. The Balaban J connectivity index is 1.37. The van der Waals surface area contributed by atoms with Crippen LogP contribution in [-0.4, -0.2) is 72.0 Å². The van der Waals surface area contributed by atoms with E-state index in [-0.39, 0.29) is 27.5 Å². The van der Waals surface area contributed by atoms with Gasteiger partial charge in [0.2, 0.25) is 6.41 Å². The summed E-state index contributed by atoms with van der Waals surface area (Å²) in [5.74, 6) is -0.447. The number of carbonyl (C=O) groups is 2. The lowest BCUT2D eigenvalue weighted by molar-refractivity contribution is -0.190. The number of fused-ring (bicyclic) bond motifs is 3. The molecule has 2 bridgehead atoms. The first-order valence-electron chi connectivity index (χ1n) is 16.9. The number of allylic oxidation sites excluding steroid dienone is 1. The molecule has 0 saturated heterocycles. The third kappa shape index (κ3) is 7.56. The minimum absolute atomic E-state index is 0.0230. The van der Waals surface area contributed by atoms with Gasteiger partial charge in [-0.2, -0.15) is 0 Å². The van der Waals surface area contributed by atoms with Crippen molar-refractivity contribution in [2.24, 2.45) is 27.0 Å². The van der Waals surface area contributed by atoms with Gasteiger partial charge in [-0.05, 0) is 97.4 Å². The highest BCUT2D eigenvalue weighted by Gasteiger charge is 2.57. The summed E-state index contributed by atoms with van der Waals surface area (Å²) in [6.07, 6.45) is 8.17. The Morgan fingerprint density at radius 3 is 2.60 bits per heavy atom. The molecule has 2 fully saturated rings. The third-order valence-electron chi connectivity index (χ3n) is 10.5. The van der Waals surface area contributed by atoms with Crippen molar-refractivity contribution in [1.29, 1.82) is 0 Å². The lowest BCUT2D eigenvalue weighted by Gasteiger charge is -2.61. The highest BCUT2D eigenvalue weighted by molar-refractivity contribution is 6.24. The van der Waals surface area contributed by atoms with E-state index in [1.807, 2.05) is 19.1 Å². The van der Waals surface area contributed by atoms with Crippen molar-refractivity contribution in [3.05, 3.63) is 64.5 Å². The third-order valence-corrected chi connectivity index (χ3v) is 10.5. The molecule has 1 aromatic heterocycles. The molecule has 2 saturated carbocycles. The first-order chi connectivity index (χ1) is 22.1. The lowest BCUT2D eigenvalue weighted by Crippen LogP contribution is -2.57. The Kier molecular flexibility index (Phi) is 9.62. The van der Waals surface area contributed by atoms with Crippen molar-refractivity contribution in [2.45, 2.75) is 92.2 Å². The highest BCUT2D eigenvalue weighted by atomic mass is 16.5. The van der Waals surface area contributed by atoms with E-state index in [2.05, 4.69) is 62.7 Å². The molecule has 0 radical (unpaired) electrons. The van der Waals surface area contributed by atoms with Gasteiger partial charge in [-0.1, -0.05) is 45.9 Å². The topological polar surface area (TPSA) is 121 Å². The van der Waals surface area contributed by atoms with Crippen molar-refractivity contribution in [2.75, 3.05) is 38.2 Å². The number of aromatic nitrogens is 1. The van der Waals surface area contributed by atoms with E-state index in [0.29, 0.717) is 48.9 Å². The molecule has 1 aromatic carbocycles. The zero-order chi connectivity index (χ0) is 34.2. The van der Waals surface area contributed by atoms with E-state index >= 15 is 0 Å². The van der Waals surface area contributed by atoms with Crippen LogP contribution in [-0.2, 0) is 22.5 Å². The molecule has 2 heterocycles. The van der Waals surface area contributed by atoms with Gasteiger partial charge in [0.1, 0.15) is 5.82 Å². The standard InChI is InChI=1S/C38H53N5O4/c1-26-9-8-10-28-13-14-43(18-31(26)28)32-12-11-29(33(41-32)34(45)46)30(17-39)27(2)40-24-37(6)21-36(5)19-35(3,4)20-38(22-36,23-37)47-16-15-42(7)25-44/h8-12,17,25H,13-16,18-24,39H2,1-7H3,(H,45,46).